The van der Waals surface area contributed by atoms with Crippen molar-refractivity contribution in [3.63, 3.8) is 0 Å². The first-order valence-electron chi connectivity index (χ1n) is 5.59. The predicted molar refractivity (Wildman–Crippen MR) is 72.0 cm³/mol. The molecule has 1 aliphatic heterocycles. The molecule has 6 heteroatoms. The minimum Gasteiger partial charge on any atom is -0.340 e. The van der Waals surface area contributed by atoms with E-state index in [0.717, 1.165) is 47.0 Å². The summed E-state index contributed by atoms with van der Waals surface area (Å²) in [7, 11) is 0. The monoisotopic (exact) mass is 268 g/mol. The number of H-pyrrole nitrogens is 1. The number of hydrogen-bond donors (Lipinski definition) is 2. The Labute approximate surface area is 109 Å². The first-order chi connectivity index (χ1) is 8.33. The molecule has 0 aliphatic carbocycles. The van der Waals surface area contributed by atoms with Crippen molar-refractivity contribution in [1.82, 2.24) is 15.3 Å². The van der Waals surface area contributed by atoms with Gasteiger partial charge in [-0.15, -0.1) is 11.3 Å². The van der Waals surface area contributed by atoms with Gasteiger partial charge in [0.2, 0.25) is 5.95 Å². The van der Waals surface area contributed by atoms with Crippen molar-refractivity contribution in [2.45, 2.75) is 0 Å². The lowest BCUT2D eigenvalue weighted by atomic mass is 10.4. The van der Waals surface area contributed by atoms with Gasteiger partial charge in [-0.05, 0) is 12.1 Å². The molecule has 90 valence electrons. The molecule has 0 aromatic carbocycles. The number of aromatic amines is 1. The minimum absolute atomic E-state index is 0.804. The number of piperazine rings is 1. The predicted octanol–water partition coefficient (Wildman–Crippen LogP) is 2.20. The maximum Gasteiger partial charge on any atom is 0.203 e. The summed E-state index contributed by atoms with van der Waals surface area (Å²) in [5.41, 5.74) is 1.04. The summed E-state index contributed by atoms with van der Waals surface area (Å²) >= 11 is 7.50. The molecule has 2 aromatic heterocycles. The Bertz CT molecular complexity index is 501. The van der Waals surface area contributed by atoms with E-state index >= 15 is 0 Å². The van der Waals surface area contributed by atoms with Crippen LogP contribution in [0.5, 0.6) is 0 Å². The maximum absolute atomic E-state index is 5.93. The van der Waals surface area contributed by atoms with Crippen LogP contribution in [-0.2, 0) is 0 Å². The summed E-state index contributed by atoms with van der Waals surface area (Å²) in [5, 5.41) is 3.33. The molecule has 0 saturated carbocycles. The number of thiophene rings is 1. The SMILES string of the molecule is Clc1ccc(-c2cnc(N3CCNCC3)[nH]2)s1. The Morgan fingerprint density at radius 1 is 1.29 bits per heavy atom. The van der Waals surface area contributed by atoms with E-state index in [-0.39, 0.29) is 0 Å². The molecule has 4 nitrogen and oxygen atoms in total. The number of nitrogens with one attached hydrogen (secondary N) is 2. The van der Waals surface area contributed by atoms with Crippen LogP contribution in [0.25, 0.3) is 10.6 Å². The van der Waals surface area contributed by atoms with Gasteiger partial charge in [0, 0.05) is 26.2 Å². The second-order valence-corrected chi connectivity index (χ2v) is 5.68. The average molecular weight is 269 g/mol. The molecule has 0 unspecified atom stereocenters. The number of halogens is 1. The molecule has 1 aliphatic rings. The van der Waals surface area contributed by atoms with Crippen LogP contribution in [0.4, 0.5) is 5.95 Å². The molecule has 1 saturated heterocycles. The zero-order valence-electron chi connectivity index (χ0n) is 9.24. The summed E-state index contributed by atoms with van der Waals surface area (Å²) in [6.07, 6.45) is 1.87. The molecule has 0 atom stereocenters. The lowest BCUT2D eigenvalue weighted by Crippen LogP contribution is -2.44. The number of rotatable bonds is 2. The van der Waals surface area contributed by atoms with Crippen molar-refractivity contribution in [2.75, 3.05) is 31.1 Å². The van der Waals surface area contributed by atoms with Crippen LogP contribution in [0.15, 0.2) is 18.3 Å². The van der Waals surface area contributed by atoms with Crippen LogP contribution in [0, 0.1) is 0 Å². The second-order valence-electron chi connectivity index (χ2n) is 3.96. The summed E-state index contributed by atoms with van der Waals surface area (Å²) in [4.78, 5) is 11.2. The van der Waals surface area contributed by atoms with Gasteiger partial charge in [0.05, 0.1) is 21.1 Å². The zero-order chi connectivity index (χ0) is 11.7. The Balaban J connectivity index is 1.82. The van der Waals surface area contributed by atoms with Gasteiger partial charge in [-0.25, -0.2) is 4.98 Å². The van der Waals surface area contributed by atoms with E-state index in [0.29, 0.717) is 0 Å². The molecule has 3 heterocycles. The highest BCUT2D eigenvalue weighted by Gasteiger charge is 2.14. The smallest absolute Gasteiger partial charge is 0.203 e. The molecule has 0 spiro atoms. The van der Waals surface area contributed by atoms with Crippen molar-refractivity contribution in [3.8, 4) is 10.6 Å². The first-order valence-corrected chi connectivity index (χ1v) is 6.79. The van der Waals surface area contributed by atoms with Crippen molar-refractivity contribution in [3.05, 3.63) is 22.7 Å². The molecule has 0 bridgehead atoms. The maximum atomic E-state index is 5.93. The summed E-state index contributed by atoms with van der Waals surface area (Å²) in [6.45, 7) is 4.03. The van der Waals surface area contributed by atoms with E-state index in [4.69, 9.17) is 11.6 Å². The summed E-state index contributed by atoms with van der Waals surface area (Å²) in [6, 6.07) is 3.93. The topological polar surface area (TPSA) is 44.0 Å². The van der Waals surface area contributed by atoms with Crippen LogP contribution in [-0.4, -0.2) is 36.1 Å². The number of anilines is 1. The van der Waals surface area contributed by atoms with E-state index in [1.807, 2.05) is 18.3 Å². The lowest BCUT2D eigenvalue weighted by molar-refractivity contribution is 0.581. The molecule has 0 radical (unpaired) electrons. The van der Waals surface area contributed by atoms with Crippen molar-refractivity contribution in [1.29, 1.82) is 0 Å². The van der Waals surface area contributed by atoms with Crippen molar-refractivity contribution in [2.24, 2.45) is 0 Å². The fraction of sp³-hybridized carbons (Fsp3) is 0.364. The first kappa shape index (κ1) is 11.1. The fourth-order valence-electron chi connectivity index (χ4n) is 1.93. The lowest BCUT2D eigenvalue weighted by Gasteiger charge is -2.26. The van der Waals surface area contributed by atoms with E-state index < -0.39 is 0 Å². The van der Waals surface area contributed by atoms with Crippen LogP contribution in [0.3, 0.4) is 0 Å². The second kappa shape index (κ2) is 4.68. The normalized spacial score (nSPS) is 16.4. The Hall–Kier alpha value is -1.04. The third-order valence-electron chi connectivity index (χ3n) is 2.82. The third-order valence-corrected chi connectivity index (χ3v) is 4.08. The Morgan fingerprint density at radius 3 is 2.82 bits per heavy atom. The van der Waals surface area contributed by atoms with Crippen molar-refractivity contribution < 1.29 is 0 Å². The molecule has 2 N–H and O–H groups in total. The van der Waals surface area contributed by atoms with Gasteiger partial charge in [-0.3, -0.25) is 0 Å². The van der Waals surface area contributed by atoms with Gasteiger partial charge < -0.3 is 15.2 Å². The van der Waals surface area contributed by atoms with Crippen molar-refractivity contribution >= 4 is 28.9 Å². The minimum atomic E-state index is 0.804. The fourth-order valence-corrected chi connectivity index (χ4v) is 2.94. The zero-order valence-corrected chi connectivity index (χ0v) is 10.8. The molecule has 3 rings (SSSR count). The largest absolute Gasteiger partial charge is 0.340 e. The van der Waals surface area contributed by atoms with E-state index in [1.165, 1.54) is 0 Å². The molecule has 2 aromatic rings. The summed E-state index contributed by atoms with van der Waals surface area (Å²) < 4.78 is 0.804. The van der Waals surface area contributed by atoms with Gasteiger partial charge in [0.1, 0.15) is 0 Å². The van der Waals surface area contributed by atoms with Gasteiger partial charge in [0.25, 0.3) is 0 Å². The average Bonchev–Trinajstić information content (AvgIpc) is 2.98. The highest BCUT2D eigenvalue weighted by molar-refractivity contribution is 7.19. The standard InChI is InChI=1S/C11H13ClN4S/c12-10-2-1-9(17-10)8-7-14-11(15-8)16-5-3-13-4-6-16/h1-2,7,13H,3-6H2,(H,14,15). The molecular formula is C11H13ClN4S. The van der Waals surface area contributed by atoms with E-state index in [9.17, 15) is 0 Å². The van der Waals surface area contributed by atoms with Crippen LogP contribution >= 0.6 is 22.9 Å². The number of hydrogen-bond acceptors (Lipinski definition) is 4. The summed E-state index contributed by atoms with van der Waals surface area (Å²) in [5.74, 6) is 0.950. The van der Waals surface area contributed by atoms with Gasteiger partial charge in [0.15, 0.2) is 0 Å². The molecular weight excluding hydrogens is 256 g/mol. The number of nitrogens with zero attached hydrogens (tertiary/aromatic N) is 2. The Morgan fingerprint density at radius 2 is 2.12 bits per heavy atom. The number of aromatic nitrogens is 2. The van der Waals surface area contributed by atoms with E-state index in [1.54, 1.807) is 11.3 Å². The quantitative estimate of drug-likeness (QED) is 0.878. The van der Waals surface area contributed by atoms with Gasteiger partial charge >= 0.3 is 0 Å². The third kappa shape index (κ3) is 2.31. The molecule has 1 fully saturated rings. The Kier molecular flexibility index (Phi) is 3.05. The highest BCUT2D eigenvalue weighted by Crippen LogP contribution is 2.30. The highest BCUT2D eigenvalue weighted by atomic mass is 35.5. The van der Waals surface area contributed by atoms with Gasteiger partial charge in [-0.2, -0.15) is 0 Å². The van der Waals surface area contributed by atoms with Gasteiger partial charge in [-0.1, -0.05) is 11.6 Å². The van der Waals surface area contributed by atoms with Crippen LogP contribution in [0.1, 0.15) is 0 Å². The van der Waals surface area contributed by atoms with E-state index in [2.05, 4.69) is 20.2 Å². The number of imidazole rings is 1. The molecule has 17 heavy (non-hydrogen) atoms. The van der Waals surface area contributed by atoms with Crippen LogP contribution < -0.4 is 10.2 Å². The molecule has 0 amide bonds. The van der Waals surface area contributed by atoms with Crippen LogP contribution in [0.2, 0.25) is 4.34 Å².